The van der Waals surface area contributed by atoms with Crippen LogP contribution in [-0.2, 0) is 4.74 Å². The van der Waals surface area contributed by atoms with Gasteiger partial charge in [0.15, 0.2) is 0 Å². The molecule has 3 heteroatoms. The van der Waals surface area contributed by atoms with Crippen LogP contribution in [0.2, 0.25) is 0 Å². The molecule has 0 aromatic heterocycles. The van der Waals surface area contributed by atoms with Crippen LogP contribution in [0.15, 0.2) is 24.3 Å². The first-order valence-electron chi connectivity index (χ1n) is 6.73. The van der Waals surface area contributed by atoms with E-state index in [0.717, 1.165) is 38.3 Å². The molecule has 3 nitrogen and oxygen atoms in total. The first-order chi connectivity index (χ1) is 8.77. The Bertz CT molecular complexity index is 311. The lowest BCUT2D eigenvalue weighted by Gasteiger charge is -2.14. The molecule has 1 aromatic carbocycles. The monoisotopic (exact) mass is 251 g/mol. The van der Waals surface area contributed by atoms with E-state index in [2.05, 4.69) is 31.3 Å². The molecule has 0 fully saturated rings. The summed E-state index contributed by atoms with van der Waals surface area (Å²) in [7, 11) is 1.73. The van der Waals surface area contributed by atoms with Gasteiger partial charge in [0.1, 0.15) is 5.75 Å². The van der Waals surface area contributed by atoms with E-state index in [1.165, 1.54) is 5.56 Å². The second-order valence-electron chi connectivity index (χ2n) is 4.44. The van der Waals surface area contributed by atoms with Gasteiger partial charge in [-0.15, -0.1) is 0 Å². The molecule has 0 aliphatic rings. The van der Waals surface area contributed by atoms with Gasteiger partial charge in [-0.2, -0.15) is 0 Å². The first kappa shape index (κ1) is 15.0. The summed E-state index contributed by atoms with van der Waals surface area (Å²) in [6, 6.07) is 8.69. The minimum absolute atomic E-state index is 0.363. The minimum atomic E-state index is 0.363. The summed E-state index contributed by atoms with van der Waals surface area (Å²) in [4.78, 5) is 0. The molecule has 1 aromatic rings. The third kappa shape index (κ3) is 5.52. The van der Waals surface area contributed by atoms with E-state index >= 15 is 0 Å². The highest BCUT2D eigenvalue weighted by Gasteiger charge is 2.04. The lowest BCUT2D eigenvalue weighted by Crippen LogP contribution is -2.20. The number of ether oxygens (including phenoxy) is 2. The summed E-state index contributed by atoms with van der Waals surface area (Å²) in [5, 5.41) is 3.48. The molecule has 18 heavy (non-hydrogen) atoms. The van der Waals surface area contributed by atoms with Crippen molar-refractivity contribution in [2.75, 3.05) is 26.9 Å². The highest BCUT2D eigenvalue weighted by atomic mass is 16.5. The van der Waals surface area contributed by atoms with Crippen molar-refractivity contribution in [1.82, 2.24) is 5.32 Å². The van der Waals surface area contributed by atoms with Crippen molar-refractivity contribution in [1.29, 1.82) is 0 Å². The fourth-order valence-electron chi connectivity index (χ4n) is 1.73. The molecular weight excluding hydrogens is 226 g/mol. The van der Waals surface area contributed by atoms with Crippen LogP contribution in [0, 0.1) is 0 Å². The fourth-order valence-corrected chi connectivity index (χ4v) is 1.73. The highest BCUT2D eigenvalue weighted by molar-refractivity contribution is 5.28. The standard InChI is InChI=1S/C15H25NO2/c1-4-11-18-15-8-6-14(7-9-15)13(2)16-10-5-12-17-3/h6-9,13,16H,4-5,10-12H2,1-3H3/t13-/m0/s1. The fraction of sp³-hybridized carbons (Fsp3) is 0.600. The van der Waals surface area contributed by atoms with E-state index in [-0.39, 0.29) is 0 Å². The molecule has 0 radical (unpaired) electrons. The predicted molar refractivity (Wildman–Crippen MR) is 75.1 cm³/mol. The molecule has 0 unspecified atom stereocenters. The number of benzene rings is 1. The zero-order chi connectivity index (χ0) is 13.2. The zero-order valence-corrected chi connectivity index (χ0v) is 11.7. The highest BCUT2D eigenvalue weighted by Crippen LogP contribution is 2.17. The quantitative estimate of drug-likeness (QED) is 0.684. The van der Waals surface area contributed by atoms with Crippen molar-refractivity contribution in [2.24, 2.45) is 0 Å². The lowest BCUT2D eigenvalue weighted by atomic mass is 10.1. The first-order valence-corrected chi connectivity index (χ1v) is 6.73. The molecule has 0 saturated heterocycles. The normalized spacial score (nSPS) is 12.4. The van der Waals surface area contributed by atoms with Crippen molar-refractivity contribution >= 4 is 0 Å². The Kier molecular flexibility index (Phi) is 7.46. The van der Waals surface area contributed by atoms with Gasteiger partial charge in [0.2, 0.25) is 0 Å². The molecule has 0 aliphatic carbocycles. The summed E-state index contributed by atoms with van der Waals surface area (Å²) < 4.78 is 10.6. The van der Waals surface area contributed by atoms with Crippen molar-refractivity contribution < 1.29 is 9.47 Å². The zero-order valence-electron chi connectivity index (χ0n) is 11.7. The van der Waals surface area contributed by atoms with Gasteiger partial charge >= 0.3 is 0 Å². The summed E-state index contributed by atoms with van der Waals surface area (Å²) in [6.07, 6.45) is 2.08. The van der Waals surface area contributed by atoms with Gasteiger partial charge in [0, 0.05) is 19.8 Å². The molecule has 1 atom stereocenters. The maximum atomic E-state index is 5.57. The van der Waals surface area contributed by atoms with E-state index in [1.807, 2.05) is 12.1 Å². The van der Waals surface area contributed by atoms with E-state index in [0.29, 0.717) is 6.04 Å². The van der Waals surface area contributed by atoms with Gasteiger partial charge < -0.3 is 14.8 Å². The van der Waals surface area contributed by atoms with Gasteiger partial charge in [-0.05, 0) is 44.0 Å². The van der Waals surface area contributed by atoms with Gasteiger partial charge in [-0.1, -0.05) is 19.1 Å². The van der Waals surface area contributed by atoms with Crippen LogP contribution in [0.25, 0.3) is 0 Å². The van der Waals surface area contributed by atoms with Gasteiger partial charge in [-0.25, -0.2) is 0 Å². The Balaban J connectivity index is 2.36. The molecule has 0 saturated carbocycles. The van der Waals surface area contributed by atoms with Crippen LogP contribution in [-0.4, -0.2) is 26.9 Å². The maximum Gasteiger partial charge on any atom is 0.119 e. The van der Waals surface area contributed by atoms with Gasteiger partial charge in [-0.3, -0.25) is 0 Å². The Morgan fingerprint density at radius 1 is 1.17 bits per heavy atom. The smallest absolute Gasteiger partial charge is 0.119 e. The van der Waals surface area contributed by atoms with Crippen LogP contribution >= 0.6 is 0 Å². The predicted octanol–water partition coefficient (Wildman–Crippen LogP) is 3.16. The topological polar surface area (TPSA) is 30.5 Å². The molecule has 1 rings (SSSR count). The second kappa shape index (κ2) is 8.95. The molecule has 0 bridgehead atoms. The third-order valence-electron chi connectivity index (χ3n) is 2.83. The van der Waals surface area contributed by atoms with E-state index in [4.69, 9.17) is 9.47 Å². The van der Waals surface area contributed by atoms with Crippen molar-refractivity contribution in [3.63, 3.8) is 0 Å². The van der Waals surface area contributed by atoms with Crippen LogP contribution in [0.4, 0.5) is 0 Å². The Morgan fingerprint density at radius 2 is 1.89 bits per heavy atom. The third-order valence-corrected chi connectivity index (χ3v) is 2.83. The van der Waals surface area contributed by atoms with E-state index < -0.39 is 0 Å². The van der Waals surface area contributed by atoms with E-state index in [9.17, 15) is 0 Å². The summed E-state index contributed by atoms with van der Waals surface area (Å²) >= 11 is 0. The molecule has 102 valence electrons. The van der Waals surface area contributed by atoms with Crippen molar-refractivity contribution in [2.45, 2.75) is 32.7 Å². The Hall–Kier alpha value is -1.06. The van der Waals surface area contributed by atoms with Crippen molar-refractivity contribution in [3.05, 3.63) is 29.8 Å². The number of hydrogen-bond donors (Lipinski definition) is 1. The summed E-state index contributed by atoms with van der Waals surface area (Å²) in [5.41, 5.74) is 1.29. The van der Waals surface area contributed by atoms with Crippen molar-refractivity contribution in [3.8, 4) is 5.75 Å². The molecule has 1 N–H and O–H groups in total. The van der Waals surface area contributed by atoms with E-state index in [1.54, 1.807) is 7.11 Å². The molecule has 0 amide bonds. The SMILES string of the molecule is CCCOc1ccc([C@H](C)NCCCOC)cc1. The van der Waals surface area contributed by atoms with Crippen LogP contribution in [0.1, 0.15) is 38.3 Å². The average Bonchev–Trinajstić information content (AvgIpc) is 2.41. The largest absolute Gasteiger partial charge is 0.494 e. The average molecular weight is 251 g/mol. The summed E-state index contributed by atoms with van der Waals surface area (Å²) in [6.45, 7) is 6.85. The number of methoxy groups -OCH3 is 1. The molecule has 0 heterocycles. The van der Waals surface area contributed by atoms with Crippen LogP contribution < -0.4 is 10.1 Å². The number of hydrogen-bond acceptors (Lipinski definition) is 3. The maximum absolute atomic E-state index is 5.57. The molecule has 0 aliphatic heterocycles. The van der Waals surface area contributed by atoms with Crippen LogP contribution in [0.5, 0.6) is 5.75 Å². The molecule has 0 spiro atoms. The van der Waals surface area contributed by atoms with Crippen LogP contribution in [0.3, 0.4) is 0 Å². The Labute approximate surface area is 110 Å². The lowest BCUT2D eigenvalue weighted by molar-refractivity contribution is 0.193. The van der Waals surface area contributed by atoms with Gasteiger partial charge in [0.25, 0.3) is 0 Å². The summed E-state index contributed by atoms with van der Waals surface area (Å²) in [5.74, 6) is 0.951. The molecular formula is C15H25NO2. The number of nitrogens with one attached hydrogen (secondary N) is 1. The second-order valence-corrected chi connectivity index (χ2v) is 4.44. The minimum Gasteiger partial charge on any atom is -0.494 e. The Morgan fingerprint density at radius 3 is 2.50 bits per heavy atom. The van der Waals surface area contributed by atoms with Gasteiger partial charge in [0.05, 0.1) is 6.61 Å². The number of rotatable bonds is 9.